The zero-order valence-corrected chi connectivity index (χ0v) is 10.2. The molecule has 100 valence electrons. The SMILES string of the molecule is COCCOCCCOC(=O)C1CC(O)CN1. The van der Waals surface area contributed by atoms with Crippen LogP contribution in [0, 0.1) is 0 Å². The second-order valence-electron chi connectivity index (χ2n) is 3.98. The predicted octanol–water partition coefficient (Wildman–Crippen LogP) is -0.694. The van der Waals surface area contributed by atoms with Crippen molar-refractivity contribution in [2.24, 2.45) is 0 Å². The van der Waals surface area contributed by atoms with Gasteiger partial charge in [-0.1, -0.05) is 0 Å². The van der Waals surface area contributed by atoms with Crippen molar-refractivity contribution in [1.29, 1.82) is 0 Å². The van der Waals surface area contributed by atoms with Crippen LogP contribution in [0.1, 0.15) is 12.8 Å². The Hall–Kier alpha value is -0.690. The van der Waals surface area contributed by atoms with Crippen LogP contribution in [0.25, 0.3) is 0 Å². The zero-order valence-electron chi connectivity index (χ0n) is 10.2. The van der Waals surface area contributed by atoms with Crippen LogP contribution >= 0.6 is 0 Å². The first kappa shape index (κ1) is 14.4. The molecule has 0 saturated carbocycles. The van der Waals surface area contributed by atoms with E-state index >= 15 is 0 Å². The molecule has 1 aliphatic heterocycles. The Balaban J connectivity index is 1.93. The summed E-state index contributed by atoms with van der Waals surface area (Å²) in [6, 6.07) is -0.362. The number of aliphatic hydroxyl groups excluding tert-OH is 1. The molecule has 0 amide bonds. The molecule has 1 rings (SSSR count). The number of rotatable bonds is 8. The average molecular weight is 247 g/mol. The first-order valence-electron chi connectivity index (χ1n) is 5.89. The Morgan fingerprint density at radius 2 is 2.18 bits per heavy atom. The van der Waals surface area contributed by atoms with E-state index in [1.165, 1.54) is 0 Å². The van der Waals surface area contributed by atoms with Gasteiger partial charge in [-0.3, -0.25) is 4.79 Å². The van der Waals surface area contributed by atoms with Crippen LogP contribution in [-0.4, -0.2) is 63.3 Å². The van der Waals surface area contributed by atoms with E-state index in [-0.39, 0.29) is 12.0 Å². The highest BCUT2D eigenvalue weighted by atomic mass is 16.5. The van der Waals surface area contributed by atoms with E-state index < -0.39 is 6.10 Å². The summed E-state index contributed by atoms with van der Waals surface area (Å²) in [5.74, 6) is -0.293. The van der Waals surface area contributed by atoms with Crippen molar-refractivity contribution >= 4 is 5.97 Å². The minimum absolute atomic E-state index is 0.293. The molecule has 2 unspecified atom stereocenters. The molecule has 0 aromatic rings. The van der Waals surface area contributed by atoms with Gasteiger partial charge in [-0.25, -0.2) is 0 Å². The van der Waals surface area contributed by atoms with Gasteiger partial charge in [0.15, 0.2) is 0 Å². The van der Waals surface area contributed by atoms with Gasteiger partial charge in [0.2, 0.25) is 0 Å². The lowest BCUT2D eigenvalue weighted by atomic mass is 10.2. The fourth-order valence-electron chi connectivity index (χ4n) is 1.58. The van der Waals surface area contributed by atoms with Crippen molar-refractivity contribution in [3.05, 3.63) is 0 Å². The zero-order chi connectivity index (χ0) is 12.5. The largest absolute Gasteiger partial charge is 0.464 e. The van der Waals surface area contributed by atoms with Crippen LogP contribution in [0.2, 0.25) is 0 Å². The summed E-state index contributed by atoms with van der Waals surface area (Å²) in [6.07, 6.45) is 0.665. The normalized spacial score (nSPS) is 23.9. The lowest BCUT2D eigenvalue weighted by molar-refractivity contribution is -0.146. The number of aliphatic hydroxyl groups is 1. The first-order chi connectivity index (χ1) is 8.24. The molecule has 0 radical (unpaired) electrons. The van der Waals surface area contributed by atoms with Gasteiger partial charge in [-0.2, -0.15) is 0 Å². The summed E-state index contributed by atoms with van der Waals surface area (Å²) >= 11 is 0. The van der Waals surface area contributed by atoms with Gasteiger partial charge in [0, 0.05) is 33.1 Å². The summed E-state index contributed by atoms with van der Waals surface area (Å²) in [5, 5.41) is 12.1. The molecule has 2 atom stereocenters. The number of carbonyl (C=O) groups excluding carboxylic acids is 1. The number of β-amino-alcohol motifs (C(OH)–C–C–N with tert-alkyl or cyclic N) is 1. The van der Waals surface area contributed by atoms with Crippen molar-refractivity contribution in [3.63, 3.8) is 0 Å². The fraction of sp³-hybridized carbons (Fsp3) is 0.909. The molecule has 1 saturated heterocycles. The van der Waals surface area contributed by atoms with Gasteiger partial charge >= 0.3 is 5.97 Å². The highest BCUT2D eigenvalue weighted by molar-refractivity contribution is 5.76. The van der Waals surface area contributed by atoms with Crippen LogP contribution < -0.4 is 5.32 Å². The molecule has 0 aromatic carbocycles. The van der Waals surface area contributed by atoms with Gasteiger partial charge in [0.05, 0.1) is 25.9 Å². The number of nitrogens with one attached hydrogen (secondary N) is 1. The quantitative estimate of drug-likeness (QED) is 0.436. The van der Waals surface area contributed by atoms with E-state index in [0.29, 0.717) is 45.8 Å². The van der Waals surface area contributed by atoms with E-state index in [4.69, 9.17) is 14.2 Å². The van der Waals surface area contributed by atoms with Crippen LogP contribution in [0.5, 0.6) is 0 Å². The number of esters is 1. The number of hydrogen-bond acceptors (Lipinski definition) is 6. The molecular weight excluding hydrogens is 226 g/mol. The summed E-state index contributed by atoms with van der Waals surface area (Å²) in [4.78, 5) is 11.5. The van der Waals surface area contributed by atoms with Crippen molar-refractivity contribution in [3.8, 4) is 0 Å². The molecule has 0 aliphatic carbocycles. The molecule has 2 N–H and O–H groups in total. The van der Waals surface area contributed by atoms with E-state index in [0.717, 1.165) is 0 Å². The lowest BCUT2D eigenvalue weighted by Crippen LogP contribution is -2.32. The van der Waals surface area contributed by atoms with E-state index in [1.54, 1.807) is 7.11 Å². The maximum atomic E-state index is 11.5. The fourth-order valence-corrected chi connectivity index (χ4v) is 1.58. The topological polar surface area (TPSA) is 77.0 Å². The Labute approximate surface area is 101 Å². The lowest BCUT2D eigenvalue weighted by Gasteiger charge is -2.10. The van der Waals surface area contributed by atoms with Gasteiger partial charge < -0.3 is 24.6 Å². The maximum absolute atomic E-state index is 11.5. The molecule has 17 heavy (non-hydrogen) atoms. The summed E-state index contributed by atoms with van der Waals surface area (Å²) in [6.45, 7) is 2.49. The molecule has 0 aromatic heterocycles. The number of methoxy groups -OCH3 is 1. The third-order valence-electron chi connectivity index (χ3n) is 2.50. The first-order valence-corrected chi connectivity index (χ1v) is 5.89. The molecule has 0 bridgehead atoms. The van der Waals surface area contributed by atoms with Crippen molar-refractivity contribution < 1.29 is 24.1 Å². The van der Waals surface area contributed by atoms with Crippen LogP contribution in [0.15, 0.2) is 0 Å². The Bertz CT molecular complexity index is 224. The highest BCUT2D eigenvalue weighted by Gasteiger charge is 2.28. The van der Waals surface area contributed by atoms with Crippen LogP contribution in [-0.2, 0) is 19.0 Å². The van der Waals surface area contributed by atoms with Gasteiger partial charge in [-0.15, -0.1) is 0 Å². The number of carbonyl (C=O) groups is 1. The van der Waals surface area contributed by atoms with Gasteiger partial charge in [-0.05, 0) is 0 Å². The Morgan fingerprint density at radius 1 is 1.35 bits per heavy atom. The highest BCUT2D eigenvalue weighted by Crippen LogP contribution is 2.07. The third kappa shape index (κ3) is 5.97. The second kappa shape index (κ2) is 8.41. The second-order valence-corrected chi connectivity index (χ2v) is 3.98. The predicted molar refractivity (Wildman–Crippen MR) is 60.7 cm³/mol. The summed E-state index contributed by atoms with van der Waals surface area (Å²) < 4.78 is 15.1. The minimum atomic E-state index is -0.440. The van der Waals surface area contributed by atoms with E-state index in [1.807, 2.05) is 0 Å². The monoisotopic (exact) mass is 247 g/mol. The molecule has 1 fully saturated rings. The number of hydrogen-bond donors (Lipinski definition) is 2. The van der Waals surface area contributed by atoms with Gasteiger partial charge in [0.1, 0.15) is 6.04 Å². The van der Waals surface area contributed by atoms with Crippen molar-refractivity contribution in [1.82, 2.24) is 5.32 Å². The molecular formula is C11H21NO5. The summed E-state index contributed by atoms with van der Waals surface area (Å²) in [7, 11) is 1.62. The van der Waals surface area contributed by atoms with Crippen LogP contribution in [0.3, 0.4) is 0 Å². The van der Waals surface area contributed by atoms with Crippen LogP contribution in [0.4, 0.5) is 0 Å². The smallest absolute Gasteiger partial charge is 0.323 e. The van der Waals surface area contributed by atoms with Crippen molar-refractivity contribution in [2.75, 3.05) is 40.1 Å². The molecule has 1 heterocycles. The Kier molecular flexibility index (Phi) is 7.11. The van der Waals surface area contributed by atoms with E-state index in [2.05, 4.69) is 5.32 Å². The number of ether oxygens (including phenoxy) is 3. The molecule has 0 spiro atoms. The summed E-state index contributed by atoms with van der Waals surface area (Å²) in [5.41, 5.74) is 0. The van der Waals surface area contributed by atoms with Gasteiger partial charge in [0.25, 0.3) is 0 Å². The maximum Gasteiger partial charge on any atom is 0.323 e. The standard InChI is InChI=1S/C11H21NO5/c1-15-5-6-16-3-2-4-17-11(14)10-7-9(13)8-12-10/h9-10,12-13H,2-8H2,1H3. The Morgan fingerprint density at radius 3 is 2.82 bits per heavy atom. The third-order valence-corrected chi connectivity index (χ3v) is 2.50. The van der Waals surface area contributed by atoms with E-state index in [9.17, 15) is 9.90 Å². The molecule has 6 heteroatoms. The molecule has 1 aliphatic rings. The van der Waals surface area contributed by atoms with Crippen molar-refractivity contribution in [2.45, 2.75) is 25.0 Å². The molecule has 6 nitrogen and oxygen atoms in total. The minimum Gasteiger partial charge on any atom is -0.464 e. The average Bonchev–Trinajstić information content (AvgIpc) is 2.74.